The zero-order valence-corrected chi connectivity index (χ0v) is 10.2. The van der Waals surface area contributed by atoms with Crippen molar-refractivity contribution in [2.75, 3.05) is 11.9 Å². The Balaban J connectivity index is 2.10. The molecule has 0 fully saturated rings. The second-order valence-electron chi connectivity index (χ2n) is 5.02. The zero-order valence-electron chi connectivity index (χ0n) is 10.2. The molecule has 0 spiro atoms. The van der Waals surface area contributed by atoms with Gasteiger partial charge in [-0.3, -0.25) is 4.79 Å². The Hall–Kier alpha value is -1.55. The molecule has 1 aromatic rings. The monoisotopic (exact) mass is 233 g/mol. The fourth-order valence-electron chi connectivity index (χ4n) is 1.74. The van der Waals surface area contributed by atoms with E-state index in [4.69, 9.17) is 0 Å². The first-order chi connectivity index (χ1) is 7.94. The van der Waals surface area contributed by atoms with Gasteiger partial charge in [-0.15, -0.1) is 0 Å². The SMILES string of the molecule is CC(C)(O)CNc1ccc2c(c1)[N]C(=O)CC2. The van der Waals surface area contributed by atoms with Crippen molar-refractivity contribution in [1.29, 1.82) is 0 Å². The van der Waals surface area contributed by atoms with E-state index in [0.29, 0.717) is 13.0 Å². The molecule has 0 aliphatic carbocycles. The number of nitrogens with zero attached hydrogens (tertiary/aromatic N) is 1. The largest absolute Gasteiger partial charge is 0.389 e. The van der Waals surface area contributed by atoms with Crippen molar-refractivity contribution in [3.8, 4) is 0 Å². The first-order valence-electron chi connectivity index (χ1n) is 5.78. The molecule has 4 nitrogen and oxygen atoms in total. The molecule has 1 aliphatic rings. The molecular formula is C13H17N2O2. The lowest BCUT2D eigenvalue weighted by Gasteiger charge is -2.20. The Bertz CT molecular complexity index is 436. The first-order valence-corrected chi connectivity index (χ1v) is 5.78. The van der Waals surface area contributed by atoms with Gasteiger partial charge in [0.05, 0.1) is 11.3 Å². The average molecular weight is 233 g/mol. The Morgan fingerprint density at radius 2 is 2.18 bits per heavy atom. The van der Waals surface area contributed by atoms with Crippen molar-refractivity contribution >= 4 is 17.3 Å². The van der Waals surface area contributed by atoms with Gasteiger partial charge in [-0.2, -0.15) is 0 Å². The Morgan fingerprint density at radius 3 is 2.88 bits per heavy atom. The zero-order chi connectivity index (χ0) is 12.5. The van der Waals surface area contributed by atoms with Crippen molar-refractivity contribution in [2.24, 2.45) is 0 Å². The van der Waals surface area contributed by atoms with Gasteiger partial charge in [-0.1, -0.05) is 6.07 Å². The van der Waals surface area contributed by atoms with Crippen LogP contribution in [0.2, 0.25) is 0 Å². The molecule has 0 atom stereocenters. The van der Waals surface area contributed by atoms with Crippen LogP contribution < -0.4 is 10.6 Å². The van der Waals surface area contributed by atoms with Crippen LogP contribution in [0.25, 0.3) is 0 Å². The highest BCUT2D eigenvalue weighted by atomic mass is 16.3. The van der Waals surface area contributed by atoms with Gasteiger partial charge in [0.2, 0.25) is 5.91 Å². The summed E-state index contributed by atoms with van der Waals surface area (Å²) in [7, 11) is 0. The smallest absolute Gasteiger partial charge is 0.246 e. The van der Waals surface area contributed by atoms with E-state index in [1.165, 1.54) is 0 Å². The van der Waals surface area contributed by atoms with Crippen LogP contribution in [-0.2, 0) is 11.2 Å². The van der Waals surface area contributed by atoms with Gasteiger partial charge in [0.25, 0.3) is 0 Å². The van der Waals surface area contributed by atoms with Crippen LogP contribution in [-0.4, -0.2) is 23.2 Å². The van der Waals surface area contributed by atoms with Gasteiger partial charge in [-0.25, -0.2) is 5.32 Å². The Morgan fingerprint density at radius 1 is 1.41 bits per heavy atom. The van der Waals surface area contributed by atoms with Gasteiger partial charge >= 0.3 is 0 Å². The maximum atomic E-state index is 11.2. The summed E-state index contributed by atoms with van der Waals surface area (Å²) < 4.78 is 0. The molecule has 1 amide bonds. The fraction of sp³-hybridized carbons (Fsp3) is 0.462. The summed E-state index contributed by atoms with van der Waals surface area (Å²) in [6.07, 6.45) is 1.27. The van der Waals surface area contributed by atoms with Crippen molar-refractivity contribution in [3.05, 3.63) is 23.8 Å². The summed E-state index contributed by atoms with van der Waals surface area (Å²) in [4.78, 5) is 11.2. The molecule has 17 heavy (non-hydrogen) atoms. The Kier molecular flexibility index (Phi) is 3.07. The van der Waals surface area contributed by atoms with E-state index in [2.05, 4.69) is 10.6 Å². The van der Waals surface area contributed by atoms with Gasteiger partial charge in [-0.05, 0) is 38.0 Å². The average Bonchev–Trinajstić information content (AvgIpc) is 2.24. The number of aryl methyl sites for hydroxylation is 1. The van der Waals surface area contributed by atoms with Crippen LogP contribution in [0.5, 0.6) is 0 Å². The molecule has 1 radical (unpaired) electrons. The van der Waals surface area contributed by atoms with Gasteiger partial charge in [0, 0.05) is 18.7 Å². The predicted molar refractivity (Wildman–Crippen MR) is 66.4 cm³/mol. The number of nitrogens with one attached hydrogen (secondary N) is 1. The van der Waals surface area contributed by atoms with Crippen molar-refractivity contribution < 1.29 is 9.90 Å². The third-order valence-corrected chi connectivity index (χ3v) is 2.66. The highest BCUT2D eigenvalue weighted by Gasteiger charge is 2.17. The standard InChI is InChI=1S/C13H17N2O2/c1-13(2,17)8-14-10-5-3-9-4-6-12(16)15-11(9)7-10/h3,5,7,14,17H,4,6,8H2,1-2H3. The summed E-state index contributed by atoms with van der Waals surface area (Å²) in [6.45, 7) is 3.94. The molecule has 0 saturated heterocycles. The van der Waals surface area contributed by atoms with E-state index >= 15 is 0 Å². The van der Waals surface area contributed by atoms with Crippen LogP contribution >= 0.6 is 0 Å². The second kappa shape index (κ2) is 4.37. The first kappa shape index (κ1) is 11.9. The predicted octanol–water partition coefficient (Wildman–Crippen LogP) is 1.58. The summed E-state index contributed by atoms with van der Waals surface area (Å²) in [5.41, 5.74) is 1.98. The molecule has 4 heteroatoms. The van der Waals surface area contributed by atoms with E-state index in [0.717, 1.165) is 23.4 Å². The number of fused-ring (bicyclic) bond motifs is 1. The van der Waals surface area contributed by atoms with E-state index in [-0.39, 0.29) is 5.91 Å². The highest BCUT2D eigenvalue weighted by molar-refractivity contribution is 5.84. The normalized spacial score (nSPS) is 15.1. The van der Waals surface area contributed by atoms with Crippen molar-refractivity contribution in [2.45, 2.75) is 32.3 Å². The lowest BCUT2D eigenvalue weighted by atomic mass is 10.0. The molecule has 91 valence electrons. The third-order valence-electron chi connectivity index (χ3n) is 2.66. The van der Waals surface area contributed by atoms with Crippen LogP contribution in [0.15, 0.2) is 18.2 Å². The van der Waals surface area contributed by atoms with Gasteiger partial charge in [0.15, 0.2) is 0 Å². The summed E-state index contributed by atoms with van der Waals surface area (Å²) in [5, 5.41) is 16.8. The minimum absolute atomic E-state index is 0.0582. The lowest BCUT2D eigenvalue weighted by molar-refractivity contribution is -0.120. The van der Waals surface area contributed by atoms with E-state index in [9.17, 15) is 9.90 Å². The quantitative estimate of drug-likeness (QED) is 0.833. The number of carbonyl (C=O) groups excluding carboxylic acids is 1. The van der Waals surface area contributed by atoms with E-state index in [1.54, 1.807) is 13.8 Å². The number of benzene rings is 1. The minimum atomic E-state index is -0.761. The van der Waals surface area contributed by atoms with Crippen molar-refractivity contribution in [3.63, 3.8) is 0 Å². The molecule has 1 heterocycles. The van der Waals surface area contributed by atoms with Crippen LogP contribution in [0.4, 0.5) is 11.4 Å². The third kappa shape index (κ3) is 3.20. The number of anilines is 1. The molecule has 0 bridgehead atoms. The summed E-state index contributed by atoms with van der Waals surface area (Å²) in [6, 6.07) is 5.80. The molecule has 1 aliphatic heterocycles. The number of hydrogen-bond donors (Lipinski definition) is 2. The summed E-state index contributed by atoms with van der Waals surface area (Å²) in [5.74, 6) is -0.0582. The number of amides is 1. The number of hydrogen-bond acceptors (Lipinski definition) is 3. The molecule has 0 saturated carbocycles. The van der Waals surface area contributed by atoms with Crippen molar-refractivity contribution in [1.82, 2.24) is 5.32 Å². The fourth-order valence-corrected chi connectivity index (χ4v) is 1.74. The van der Waals surface area contributed by atoms with Crippen LogP contribution in [0.3, 0.4) is 0 Å². The number of aliphatic hydroxyl groups is 1. The van der Waals surface area contributed by atoms with Gasteiger partial charge < -0.3 is 10.4 Å². The van der Waals surface area contributed by atoms with E-state index in [1.807, 2.05) is 18.2 Å². The lowest BCUT2D eigenvalue weighted by Crippen LogP contribution is -2.29. The molecule has 0 aromatic heterocycles. The molecular weight excluding hydrogens is 216 g/mol. The van der Waals surface area contributed by atoms with Gasteiger partial charge in [0.1, 0.15) is 0 Å². The minimum Gasteiger partial charge on any atom is -0.389 e. The maximum Gasteiger partial charge on any atom is 0.246 e. The molecule has 2 rings (SSSR count). The molecule has 1 aromatic carbocycles. The highest BCUT2D eigenvalue weighted by Crippen LogP contribution is 2.26. The number of carbonyl (C=O) groups is 1. The number of rotatable bonds is 3. The Labute approximate surface area is 101 Å². The molecule has 0 unspecified atom stereocenters. The molecule has 2 N–H and O–H groups in total. The van der Waals surface area contributed by atoms with Crippen LogP contribution in [0.1, 0.15) is 25.8 Å². The van der Waals surface area contributed by atoms with E-state index < -0.39 is 5.60 Å². The topological polar surface area (TPSA) is 63.4 Å². The maximum absolute atomic E-state index is 11.2. The van der Waals surface area contributed by atoms with Crippen LogP contribution in [0, 0.1) is 0 Å². The summed E-state index contributed by atoms with van der Waals surface area (Å²) >= 11 is 0. The second-order valence-corrected chi connectivity index (χ2v) is 5.02.